The van der Waals surface area contributed by atoms with Crippen LogP contribution in [0, 0.1) is 0 Å². The molecule has 1 aliphatic heterocycles. The van der Waals surface area contributed by atoms with Crippen molar-refractivity contribution in [3.63, 3.8) is 0 Å². The van der Waals surface area contributed by atoms with Gasteiger partial charge in [-0.2, -0.15) is 0 Å². The molecule has 0 fully saturated rings. The number of nitrogens with one attached hydrogen (secondary N) is 1. The molecule has 1 atom stereocenters. The molecule has 3 rings (SSSR count). The summed E-state index contributed by atoms with van der Waals surface area (Å²) in [5.74, 6) is -0.677. The van der Waals surface area contributed by atoms with Gasteiger partial charge in [0.25, 0.3) is 0 Å². The summed E-state index contributed by atoms with van der Waals surface area (Å²) < 4.78 is 26.1. The van der Waals surface area contributed by atoms with Crippen molar-refractivity contribution in [3.05, 3.63) is 57.1 Å². The van der Waals surface area contributed by atoms with Crippen LogP contribution in [0.15, 0.2) is 51.5 Å². The first-order valence-electron chi connectivity index (χ1n) is 7.57. The minimum absolute atomic E-state index is 0.117. The molecule has 0 amide bonds. The Kier molecular flexibility index (Phi) is 4.13. The maximum atomic E-state index is 12.5. The molecule has 24 heavy (non-hydrogen) atoms. The largest absolute Gasteiger partial charge is 0.362 e. The van der Waals surface area contributed by atoms with Gasteiger partial charge in [0.2, 0.25) is 0 Å². The summed E-state index contributed by atoms with van der Waals surface area (Å²) in [5, 5.41) is 6.03. The number of carbonyl (C=O) groups is 1. The number of Topliss-reactive ketones (excluding diaryl/α,β-unsaturated/α-hetero) is 1. The third-order valence-electron chi connectivity index (χ3n) is 4.30. The molecule has 126 valence electrons. The molecule has 0 aliphatic carbocycles. The van der Waals surface area contributed by atoms with Crippen LogP contribution in [0.2, 0.25) is 0 Å². The van der Waals surface area contributed by atoms with E-state index in [1.807, 2.05) is 36.6 Å². The van der Waals surface area contributed by atoms with Gasteiger partial charge in [-0.15, -0.1) is 11.3 Å². The normalized spacial score (nSPS) is 18.9. The SMILES string of the molecule is CC(=O)C1=C(C)NC(C)=C(S(C)(=O)=O)C1c1csc2ccccc12. The second-order valence-corrected chi connectivity index (χ2v) is 9.00. The van der Waals surface area contributed by atoms with Gasteiger partial charge < -0.3 is 5.32 Å². The van der Waals surface area contributed by atoms with E-state index in [1.54, 1.807) is 18.3 Å². The average molecular weight is 361 g/mol. The molecule has 1 unspecified atom stereocenters. The molecule has 0 saturated heterocycles. The van der Waals surface area contributed by atoms with Gasteiger partial charge in [-0.3, -0.25) is 4.79 Å². The maximum Gasteiger partial charge on any atom is 0.174 e. The van der Waals surface area contributed by atoms with Crippen molar-refractivity contribution in [2.75, 3.05) is 6.26 Å². The summed E-state index contributed by atoms with van der Waals surface area (Å²) in [5.41, 5.74) is 2.69. The lowest BCUT2D eigenvalue weighted by atomic mass is 9.84. The van der Waals surface area contributed by atoms with Gasteiger partial charge in [0.1, 0.15) is 0 Å². The van der Waals surface area contributed by atoms with E-state index in [0.29, 0.717) is 17.0 Å². The fraction of sp³-hybridized carbons (Fsp3) is 0.278. The van der Waals surface area contributed by atoms with Gasteiger partial charge in [0.05, 0.1) is 10.8 Å². The van der Waals surface area contributed by atoms with Crippen molar-refractivity contribution in [2.24, 2.45) is 0 Å². The van der Waals surface area contributed by atoms with Crippen LogP contribution < -0.4 is 5.32 Å². The standard InChI is InChI=1S/C18H19NO3S2/c1-10-16(12(3)20)17(18(11(2)19-10)24(4,21)22)14-9-23-15-8-6-5-7-13(14)15/h5-9,17,19H,1-4H3. The van der Waals surface area contributed by atoms with E-state index >= 15 is 0 Å². The van der Waals surface area contributed by atoms with E-state index in [2.05, 4.69) is 5.32 Å². The minimum atomic E-state index is -3.47. The first kappa shape index (κ1) is 16.9. The Hall–Kier alpha value is -1.92. The van der Waals surface area contributed by atoms with Gasteiger partial charge in [0.15, 0.2) is 15.6 Å². The highest BCUT2D eigenvalue weighted by Gasteiger charge is 2.37. The Bertz CT molecular complexity index is 1010. The zero-order valence-electron chi connectivity index (χ0n) is 14.0. The van der Waals surface area contributed by atoms with Crippen LogP contribution >= 0.6 is 11.3 Å². The van der Waals surface area contributed by atoms with Crippen molar-refractivity contribution in [1.29, 1.82) is 0 Å². The average Bonchev–Trinajstić information content (AvgIpc) is 2.88. The zero-order chi connectivity index (χ0) is 17.6. The monoisotopic (exact) mass is 361 g/mol. The van der Waals surface area contributed by atoms with Crippen LogP contribution in [0.1, 0.15) is 32.3 Å². The quantitative estimate of drug-likeness (QED) is 0.905. The predicted octanol–water partition coefficient (Wildman–Crippen LogP) is 3.73. The molecule has 0 bridgehead atoms. The number of fused-ring (bicyclic) bond motifs is 1. The number of carbonyl (C=O) groups excluding carboxylic acids is 1. The Morgan fingerprint density at radius 2 is 1.83 bits per heavy atom. The van der Waals surface area contributed by atoms with Gasteiger partial charge in [0, 0.05) is 27.9 Å². The third kappa shape index (κ3) is 2.70. The van der Waals surface area contributed by atoms with Crippen LogP contribution in [0.4, 0.5) is 0 Å². The first-order valence-corrected chi connectivity index (χ1v) is 10.3. The molecular weight excluding hydrogens is 342 g/mol. The van der Waals surface area contributed by atoms with Gasteiger partial charge in [-0.1, -0.05) is 18.2 Å². The smallest absolute Gasteiger partial charge is 0.174 e. The number of dihydropyridines is 1. The molecule has 1 N–H and O–H groups in total. The number of thiophene rings is 1. The first-order chi connectivity index (χ1) is 11.2. The Balaban J connectivity index is 2.36. The van der Waals surface area contributed by atoms with Crippen LogP contribution in [0.25, 0.3) is 10.1 Å². The van der Waals surface area contributed by atoms with Gasteiger partial charge >= 0.3 is 0 Å². The topological polar surface area (TPSA) is 63.2 Å². The molecule has 4 nitrogen and oxygen atoms in total. The molecular formula is C18H19NO3S2. The number of benzene rings is 1. The highest BCUT2D eigenvalue weighted by atomic mass is 32.2. The van der Waals surface area contributed by atoms with E-state index in [1.165, 1.54) is 13.2 Å². The highest BCUT2D eigenvalue weighted by Crippen LogP contribution is 2.44. The number of ketones is 1. The lowest BCUT2D eigenvalue weighted by molar-refractivity contribution is -0.113. The fourth-order valence-corrected chi connectivity index (χ4v) is 5.72. The van der Waals surface area contributed by atoms with Gasteiger partial charge in [-0.05, 0) is 43.2 Å². The predicted molar refractivity (Wildman–Crippen MR) is 98.6 cm³/mol. The van der Waals surface area contributed by atoms with Crippen molar-refractivity contribution in [1.82, 2.24) is 5.32 Å². The fourth-order valence-electron chi connectivity index (χ4n) is 3.45. The van der Waals surface area contributed by atoms with Crippen molar-refractivity contribution in [2.45, 2.75) is 26.7 Å². The molecule has 2 aromatic rings. The number of rotatable bonds is 3. The summed E-state index contributed by atoms with van der Waals surface area (Å²) in [4.78, 5) is 12.6. The van der Waals surface area contributed by atoms with Crippen LogP contribution in [0.5, 0.6) is 0 Å². The van der Waals surface area contributed by atoms with Crippen molar-refractivity contribution < 1.29 is 13.2 Å². The Labute approximate surface area is 145 Å². The summed E-state index contributed by atoms with van der Waals surface area (Å²) in [6, 6.07) is 7.87. The van der Waals surface area contributed by atoms with E-state index in [4.69, 9.17) is 0 Å². The zero-order valence-corrected chi connectivity index (χ0v) is 15.6. The summed E-state index contributed by atoms with van der Waals surface area (Å²) in [7, 11) is -3.47. The number of sulfone groups is 1. The number of hydrogen-bond acceptors (Lipinski definition) is 5. The minimum Gasteiger partial charge on any atom is -0.362 e. The van der Waals surface area contributed by atoms with Crippen molar-refractivity contribution >= 4 is 37.0 Å². The molecule has 0 saturated carbocycles. The van der Waals surface area contributed by atoms with Crippen LogP contribution in [-0.2, 0) is 14.6 Å². The molecule has 0 radical (unpaired) electrons. The lowest BCUT2D eigenvalue weighted by Gasteiger charge is -2.30. The third-order valence-corrected chi connectivity index (χ3v) is 6.62. The van der Waals surface area contributed by atoms with Gasteiger partial charge in [-0.25, -0.2) is 8.42 Å². The molecule has 1 aromatic heterocycles. The number of hydrogen-bond donors (Lipinski definition) is 1. The van der Waals surface area contributed by atoms with Crippen molar-refractivity contribution in [3.8, 4) is 0 Å². The lowest BCUT2D eigenvalue weighted by Crippen LogP contribution is -2.30. The Morgan fingerprint density at radius 1 is 1.17 bits per heavy atom. The molecule has 2 heterocycles. The molecule has 1 aromatic carbocycles. The number of allylic oxidation sites excluding steroid dienone is 4. The van der Waals surface area contributed by atoms with Crippen LogP contribution in [-0.4, -0.2) is 20.5 Å². The van der Waals surface area contributed by atoms with E-state index in [9.17, 15) is 13.2 Å². The van der Waals surface area contributed by atoms with Crippen LogP contribution in [0.3, 0.4) is 0 Å². The highest BCUT2D eigenvalue weighted by molar-refractivity contribution is 7.94. The Morgan fingerprint density at radius 3 is 2.46 bits per heavy atom. The summed E-state index contributed by atoms with van der Waals surface area (Å²) >= 11 is 1.56. The van der Waals surface area contributed by atoms with E-state index < -0.39 is 15.8 Å². The molecule has 0 spiro atoms. The second kappa shape index (κ2) is 5.86. The van der Waals surface area contributed by atoms with E-state index in [-0.39, 0.29) is 10.7 Å². The molecule has 6 heteroatoms. The van der Waals surface area contributed by atoms with E-state index in [0.717, 1.165) is 15.6 Å². The summed E-state index contributed by atoms with van der Waals surface area (Å²) in [6.07, 6.45) is 1.20. The summed E-state index contributed by atoms with van der Waals surface area (Å²) in [6.45, 7) is 5.06. The molecule has 1 aliphatic rings. The second-order valence-electron chi connectivity index (χ2n) is 6.10. The maximum absolute atomic E-state index is 12.5.